The summed E-state index contributed by atoms with van der Waals surface area (Å²) in [6.45, 7) is 0. The highest BCUT2D eigenvalue weighted by molar-refractivity contribution is 6.36. The quantitative estimate of drug-likeness (QED) is 0.609. The Labute approximate surface area is 155 Å². The molecule has 25 heavy (non-hydrogen) atoms. The van der Waals surface area contributed by atoms with E-state index in [0.717, 1.165) is 12.8 Å². The van der Waals surface area contributed by atoms with Gasteiger partial charge in [0.1, 0.15) is 0 Å². The van der Waals surface area contributed by atoms with Gasteiger partial charge < -0.3 is 5.32 Å². The van der Waals surface area contributed by atoms with Gasteiger partial charge in [-0.2, -0.15) is 5.10 Å². The van der Waals surface area contributed by atoms with Gasteiger partial charge in [-0.15, -0.1) is 0 Å². The summed E-state index contributed by atoms with van der Waals surface area (Å²) in [5, 5.41) is 7.65. The Hall–Kier alpha value is -2.37. The molecule has 0 spiro atoms. The Bertz CT molecular complexity index is 848. The predicted molar refractivity (Wildman–Crippen MR) is 99.3 cm³/mol. The largest absolute Gasteiger partial charge is 0.325 e. The number of nitrogens with one attached hydrogen (secondary N) is 2. The van der Waals surface area contributed by atoms with E-state index in [4.69, 9.17) is 23.2 Å². The molecule has 0 unspecified atom stereocenters. The van der Waals surface area contributed by atoms with Gasteiger partial charge in [-0.05, 0) is 37.1 Å². The number of rotatable bonds is 5. The summed E-state index contributed by atoms with van der Waals surface area (Å²) in [5.74, 6) is -0.425. The first-order chi connectivity index (χ1) is 12.0. The van der Waals surface area contributed by atoms with Crippen LogP contribution in [0.15, 0.2) is 47.6 Å². The molecule has 1 saturated carbocycles. The van der Waals surface area contributed by atoms with Gasteiger partial charge in [-0.1, -0.05) is 41.4 Å². The molecule has 2 amide bonds. The number of anilines is 1. The van der Waals surface area contributed by atoms with Crippen LogP contribution in [0.5, 0.6) is 0 Å². The number of nitrogens with zero attached hydrogens (tertiary/aromatic N) is 1. The summed E-state index contributed by atoms with van der Waals surface area (Å²) in [6, 6.07) is 11.8. The number of halogens is 2. The molecule has 1 fully saturated rings. The Morgan fingerprint density at radius 1 is 1.12 bits per heavy atom. The van der Waals surface area contributed by atoms with Gasteiger partial charge in [-0.3, -0.25) is 9.59 Å². The van der Waals surface area contributed by atoms with Crippen molar-refractivity contribution in [2.45, 2.75) is 12.8 Å². The van der Waals surface area contributed by atoms with Crippen LogP contribution in [0.2, 0.25) is 10.0 Å². The molecule has 1 aliphatic carbocycles. The van der Waals surface area contributed by atoms with Crippen molar-refractivity contribution in [1.82, 2.24) is 5.43 Å². The van der Waals surface area contributed by atoms with E-state index in [1.807, 2.05) is 0 Å². The van der Waals surface area contributed by atoms with Crippen LogP contribution in [0.1, 0.15) is 28.8 Å². The molecule has 3 rings (SSSR count). The van der Waals surface area contributed by atoms with Gasteiger partial charge in [0, 0.05) is 16.5 Å². The molecule has 2 aromatic rings. The number of amides is 2. The average molecular weight is 376 g/mol. The van der Waals surface area contributed by atoms with E-state index in [1.165, 1.54) is 6.21 Å². The van der Waals surface area contributed by atoms with Crippen LogP contribution in [0.3, 0.4) is 0 Å². The third kappa shape index (κ3) is 4.59. The van der Waals surface area contributed by atoms with Crippen LogP contribution >= 0.6 is 23.2 Å². The van der Waals surface area contributed by atoms with Crippen LogP contribution < -0.4 is 10.7 Å². The first-order valence-corrected chi connectivity index (χ1v) is 8.48. The summed E-state index contributed by atoms with van der Waals surface area (Å²) in [4.78, 5) is 24.2. The molecule has 0 aromatic heterocycles. The fourth-order valence-electron chi connectivity index (χ4n) is 2.20. The van der Waals surface area contributed by atoms with Crippen molar-refractivity contribution in [2.75, 3.05) is 5.32 Å². The average Bonchev–Trinajstić information content (AvgIpc) is 3.42. The minimum atomic E-state index is -0.423. The number of hydrogen-bond donors (Lipinski definition) is 2. The van der Waals surface area contributed by atoms with Gasteiger partial charge in [0.25, 0.3) is 5.91 Å². The molecule has 0 saturated heterocycles. The first-order valence-electron chi connectivity index (χ1n) is 7.73. The standard InChI is InChI=1S/C18H15Cl2N3O2/c19-13-8-7-12(15(20)9-13)10-21-23-18(25)14-3-1-2-4-16(14)22-17(24)11-5-6-11/h1-4,7-11H,5-6H2,(H,22,24)(H,23,25). The molecule has 128 valence electrons. The molecule has 5 nitrogen and oxygen atoms in total. The van der Waals surface area contributed by atoms with Crippen molar-refractivity contribution in [3.63, 3.8) is 0 Å². The lowest BCUT2D eigenvalue weighted by molar-refractivity contribution is -0.117. The summed E-state index contributed by atoms with van der Waals surface area (Å²) in [6.07, 6.45) is 3.22. The van der Waals surface area contributed by atoms with E-state index in [1.54, 1.807) is 42.5 Å². The van der Waals surface area contributed by atoms with Crippen LogP contribution in [0.25, 0.3) is 0 Å². The molecule has 7 heteroatoms. The first kappa shape index (κ1) is 17.5. The highest BCUT2D eigenvalue weighted by atomic mass is 35.5. The van der Waals surface area contributed by atoms with Gasteiger partial charge in [0.05, 0.1) is 22.5 Å². The maximum absolute atomic E-state index is 12.3. The van der Waals surface area contributed by atoms with E-state index in [-0.39, 0.29) is 11.8 Å². The van der Waals surface area contributed by atoms with Crippen molar-refractivity contribution >= 4 is 46.9 Å². The molecule has 0 atom stereocenters. The number of hydrogen-bond acceptors (Lipinski definition) is 3. The minimum absolute atomic E-state index is 0.0567. The molecule has 0 bridgehead atoms. The summed E-state index contributed by atoms with van der Waals surface area (Å²) < 4.78 is 0. The highest BCUT2D eigenvalue weighted by Gasteiger charge is 2.30. The zero-order chi connectivity index (χ0) is 17.8. The van der Waals surface area contributed by atoms with E-state index < -0.39 is 5.91 Å². The minimum Gasteiger partial charge on any atom is -0.325 e. The van der Waals surface area contributed by atoms with Gasteiger partial charge in [-0.25, -0.2) is 5.43 Å². The maximum atomic E-state index is 12.3. The van der Waals surface area contributed by atoms with Crippen molar-refractivity contribution in [3.05, 3.63) is 63.6 Å². The molecular weight excluding hydrogens is 361 g/mol. The maximum Gasteiger partial charge on any atom is 0.273 e. The fraction of sp³-hybridized carbons (Fsp3) is 0.167. The predicted octanol–water partition coefficient (Wildman–Crippen LogP) is 4.11. The third-order valence-electron chi connectivity index (χ3n) is 3.71. The summed E-state index contributed by atoms with van der Waals surface area (Å²) >= 11 is 11.9. The molecule has 0 heterocycles. The molecular formula is C18H15Cl2N3O2. The Balaban J connectivity index is 1.68. The van der Waals surface area contributed by atoms with Crippen molar-refractivity contribution in [2.24, 2.45) is 11.0 Å². The van der Waals surface area contributed by atoms with Gasteiger partial charge in [0.2, 0.25) is 5.91 Å². The summed E-state index contributed by atoms with van der Waals surface area (Å²) in [5.41, 5.74) is 3.87. The normalized spacial score (nSPS) is 13.7. The third-order valence-corrected chi connectivity index (χ3v) is 4.27. The SMILES string of the molecule is O=C(NN=Cc1ccc(Cl)cc1Cl)c1ccccc1NC(=O)C1CC1. The lowest BCUT2D eigenvalue weighted by Gasteiger charge is -2.09. The number of carbonyl (C=O) groups excluding carboxylic acids is 2. The highest BCUT2D eigenvalue weighted by Crippen LogP contribution is 2.30. The van der Waals surface area contributed by atoms with E-state index in [9.17, 15) is 9.59 Å². The Morgan fingerprint density at radius 2 is 1.88 bits per heavy atom. The van der Waals surface area contributed by atoms with Crippen LogP contribution in [-0.4, -0.2) is 18.0 Å². The number of para-hydroxylation sites is 1. The van der Waals surface area contributed by atoms with Crippen LogP contribution in [0.4, 0.5) is 5.69 Å². The topological polar surface area (TPSA) is 70.6 Å². The Morgan fingerprint density at radius 3 is 2.60 bits per heavy atom. The Kier molecular flexibility index (Phi) is 5.36. The monoisotopic (exact) mass is 375 g/mol. The second kappa shape index (κ2) is 7.68. The zero-order valence-corrected chi connectivity index (χ0v) is 14.6. The van der Waals surface area contributed by atoms with Crippen LogP contribution in [0, 0.1) is 5.92 Å². The van der Waals surface area contributed by atoms with Crippen molar-refractivity contribution in [3.8, 4) is 0 Å². The molecule has 1 aliphatic rings. The fourth-order valence-corrected chi connectivity index (χ4v) is 2.65. The lowest BCUT2D eigenvalue weighted by atomic mass is 10.1. The lowest BCUT2D eigenvalue weighted by Crippen LogP contribution is -2.21. The van der Waals surface area contributed by atoms with Crippen LogP contribution in [-0.2, 0) is 4.79 Å². The molecule has 2 aromatic carbocycles. The zero-order valence-electron chi connectivity index (χ0n) is 13.1. The second-order valence-electron chi connectivity index (χ2n) is 5.67. The second-order valence-corrected chi connectivity index (χ2v) is 6.52. The number of carbonyl (C=O) groups is 2. The van der Waals surface area contributed by atoms with Gasteiger partial charge >= 0.3 is 0 Å². The molecule has 0 radical (unpaired) electrons. The van der Waals surface area contributed by atoms with Crippen molar-refractivity contribution < 1.29 is 9.59 Å². The number of hydrazone groups is 1. The van der Waals surface area contributed by atoms with Crippen molar-refractivity contribution in [1.29, 1.82) is 0 Å². The molecule has 2 N–H and O–H groups in total. The van der Waals surface area contributed by atoms with E-state index in [2.05, 4.69) is 15.8 Å². The van der Waals surface area contributed by atoms with Gasteiger partial charge in [0.15, 0.2) is 0 Å². The smallest absolute Gasteiger partial charge is 0.273 e. The number of benzene rings is 2. The molecule has 0 aliphatic heterocycles. The van der Waals surface area contributed by atoms with E-state index in [0.29, 0.717) is 26.9 Å². The van der Waals surface area contributed by atoms with E-state index >= 15 is 0 Å². The summed E-state index contributed by atoms with van der Waals surface area (Å²) in [7, 11) is 0.